The number of piperidine rings is 1. The highest BCUT2D eigenvalue weighted by atomic mass is 79.9. The van der Waals surface area contributed by atoms with E-state index in [-0.39, 0.29) is 6.04 Å². The fourth-order valence-corrected chi connectivity index (χ4v) is 2.69. The maximum Gasteiger partial charge on any atom is 0.142 e. The number of rotatable bonds is 1. The first-order valence-corrected chi connectivity index (χ1v) is 6.07. The fraction of sp³-hybridized carbons (Fsp3) is 0.545. The Morgan fingerprint density at radius 1 is 1.53 bits per heavy atom. The van der Waals surface area contributed by atoms with E-state index in [4.69, 9.17) is 5.73 Å². The largest absolute Gasteiger partial charge is 0.354 e. The van der Waals surface area contributed by atoms with E-state index in [0.717, 1.165) is 29.8 Å². The van der Waals surface area contributed by atoms with Crippen LogP contribution in [0.2, 0.25) is 0 Å². The van der Waals surface area contributed by atoms with Crippen LogP contribution >= 0.6 is 15.9 Å². The van der Waals surface area contributed by atoms with Gasteiger partial charge in [0.05, 0.1) is 4.47 Å². The van der Waals surface area contributed by atoms with Crippen LogP contribution in [0.5, 0.6) is 0 Å². The predicted molar refractivity (Wildman–Crippen MR) is 65.9 cm³/mol. The molecule has 2 unspecified atom stereocenters. The van der Waals surface area contributed by atoms with Crippen molar-refractivity contribution >= 4 is 21.7 Å². The average molecular weight is 270 g/mol. The number of aromatic nitrogens is 1. The molecule has 0 radical (unpaired) electrons. The van der Waals surface area contributed by atoms with E-state index < -0.39 is 0 Å². The Kier molecular flexibility index (Phi) is 3.26. The minimum atomic E-state index is 0.266. The smallest absolute Gasteiger partial charge is 0.142 e. The molecule has 1 aliphatic heterocycles. The van der Waals surface area contributed by atoms with Crippen molar-refractivity contribution in [2.45, 2.75) is 19.4 Å². The van der Waals surface area contributed by atoms with Crippen molar-refractivity contribution in [3.05, 3.63) is 22.8 Å². The van der Waals surface area contributed by atoms with Crippen molar-refractivity contribution < 1.29 is 0 Å². The van der Waals surface area contributed by atoms with Gasteiger partial charge in [0.1, 0.15) is 5.82 Å². The molecule has 2 atom stereocenters. The molecule has 1 aromatic heterocycles. The molecule has 3 nitrogen and oxygen atoms in total. The molecule has 1 saturated heterocycles. The van der Waals surface area contributed by atoms with Gasteiger partial charge in [-0.25, -0.2) is 4.98 Å². The minimum Gasteiger partial charge on any atom is -0.354 e. The number of anilines is 1. The molecule has 0 bridgehead atoms. The topological polar surface area (TPSA) is 42.1 Å². The van der Waals surface area contributed by atoms with Crippen LogP contribution in [0, 0.1) is 5.92 Å². The zero-order valence-corrected chi connectivity index (χ0v) is 10.4. The minimum absolute atomic E-state index is 0.266. The van der Waals surface area contributed by atoms with Gasteiger partial charge in [-0.1, -0.05) is 6.92 Å². The first kappa shape index (κ1) is 10.9. The van der Waals surface area contributed by atoms with E-state index in [1.807, 2.05) is 18.3 Å². The monoisotopic (exact) mass is 269 g/mol. The number of pyridine rings is 1. The second kappa shape index (κ2) is 4.49. The SMILES string of the molecule is CC1CC(N)CN(c2ncccc2Br)C1. The van der Waals surface area contributed by atoms with Gasteiger partial charge in [0, 0.05) is 25.3 Å². The maximum absolute atomic E-state index is 6.02. The van der Waals surface area contributed by atoms with E-state index in [2.05, 4.69) is 32.7 Å². The first-order valence-electron chi connectivity index (χ1n) is 5.28. The highest BCUT2D eigenvalue weighted by molar-refractivity contribution is 9.10. The molecule has 1 aliphatic rings. The second-order valence-electron chi connectivity index (χ2n) is 4.31. The van der Waals surface area contributed by atoms with Gasteiger partial charge in [-0.2, -0.15) is 0 Å². The van der Waals surface area contributed by atoms with Crippen molar-refractivity contribution in [2.24, 2.45) is 11.7 Å². The number of nitrogens with two attached hydrogens (primary N) is 1. The zero-order chi connectivity index (χ0) is 10.8. The van der Waals surface area contributed by atoms with Crippen molar-refractivity contribution in [3.8, 4) is 0 Å². The molecule has 1 fully saturated rings. The zero-order valence-electron chi connectivity index (χ0n) is 8.86. The Morgan fingerprint density at radius 2 is 2.33 bits per heavy atom. The highest BCUT2D eigenvalue weighted by Crippen LogP contribution is 2.27. The Hall–Kier alpha value is -0.610. The third-order valence-electron chi connectivity index (χ3n) is 2.73. The van der Waals surface area contributed by atoms with E-state index >= 15 is 0 Å². The highest BCUT2D eigenvalue weighted by Gasteiger charge is 2.23. The molecule has 0 aliphatic carbocycles. The molecular formula is C11H16BrN3. The van der Waals surface area contributed by atoms with Crippen LogP contribution in [0.4, 0.5) is 5.82 Å². The van der Waals surface area contributed by atoms with E-state index in [9.17, 15) is 0 Å². The molecule has 1 aromatic rings. The second-order valence-corrected chi connectivity index (χ2v) is 5.17. The lowest BCUT2D eigenvalue weighted by Gasteiger charge is -2.35. The lowest BCUT2D eigenvalue weighted by atomic mass is 9.97. The van der Waals surface area contributed by atoms with E-state index in [1.165, 1.54) is 0 Å². The van der Waals surface area contributed by atoms with Crippen molar-refractivity contribution in [2.75, 3.05) is 18.0 Å². The van der Waals surface area contributed by atoms with Crippen molar-refractivity contribution in [1.82, 2.24) is 4.98 Å². The lowest BCUT2D eigenvalue weighted by molar-refractivity contribution is 0.399. The van der Waals surface area contributed by atoms with Crippen LogP contribution < -0.4 is 10.6 Å². The standard InChI is InChI=1S/C11H16BrN3/c1-8-5-9(13)7-15(6-8)11-10(12)3-2-4-14-11/h2-4,8-9H,5-7,13H2,1H3. The quantitative estimate of drug-likeness (QED) is 0.848. The molecule has 0 aromatic carbocycles. The molecule has 15 heavy (non-hydrogen) atoms. The van der Waals surface area contributed by atoms with Gasteiger partial charge in [0.15, 0.2) is 0 Å². The third kappa shape index (κ3) is 2.49. The molecule has 2 heterocycles. The summed E-state index contributed by atoms with van der Waals surface area (Å²) in [5, 5.41) is 0. The number of nitrogens with zero attached hydrogens (tertiary/aromatic N) is 2. The Bertz CT molecular complexity index is 332. The fourth-order valence-electron chi connectivity index (χ4n) is 2.18. The number of hydrogen-bond acceptors (Lipinski definition) is 3. The van der Waals surface area contributed by atoms with Crippen LogP contribution in [0.1, 0.15) is 13.3 Å². The summed E-state index contributed by atoms with van der Waals surface area (Å²) in [5.74, 6) is 1.65. The summed E-state index contributed by atoms with van der Waals surface area (Å²) in [6, 6.07) is 4.22. The van der Waals surface area contributed by atoms with Crippen LogP contribution in [0.3, 0.4) is 0 Å². The molecule has 82 valence electrons. The summed E-state index contributed by atoms with van der Waals surface area (Å²) < 4.78 is 1.05. The molecule has 2 rings (SSSR count). The Morgan fingerprint density at radius 3 is 3.00 bits per heavy atom. The van der Waals surface area contributed by atoms with Crippen LogP contribution in [-0.4, -0.2) is 24.1 Å². The number of hydrogen-bond donors (Lipinski definition) is 1. The summed E-state index contributed by atoms with van der Waals surface area (Å²) >= 11 is 3.53. The molecule has 0 spiro atoms. The average Bonchev–Trinajstić information content (AvgIpc) is 2.16. The van der Waals surface area contributed by atoms with Gasteiger partial charge in [-0.05, 0) is 40.4 Å². The van der Waals surface area contributed by atoms with Gasteiger partial charge in [-0.3, -0.25) is 0 Å². The van der Waals surface area contributed by atoms with Gasteiger partial charge in [-0.15, -0.1) is 0 Å². The summed E-state index contributed by atoms with van der Waals surface area (Å²) in [7, 11) is 0. The van der Waals surface area contributed by atoms with Crippen LogP contribution in [0.25, 0.3) is 0 Å². The van der Waals surface area contributed by atoms with Crippen LogP contribution in [0.15, 0.2) is 22.8 Å². The Balaban J connectivity index is 2.20. The predicted octanol–water partition coefficient (Wildman–Crippen LogP) is 2.02. The summed E-state index contributed by atoms with van der Waals surface area (Å²) in [6.07, 6.45) is 2.94. The van der Waals surface area contributed by atoms with Gasteiger partial charge < -0.3 is 10.6 Å². The number of halogens is 1. The molecule has 4 heteroatoms. The normalized spacial score (nSPS) is 26.7. The van der Waals surface area contributed by atoms with Gasteiger partial charge in [0.25, 0.3) is 0 Å². The third-order valence-corrected chi connectivity index (χ3v) is 3.35. The molecular weight excluding hydrogens is 254 g/mol. The summed E-state index contributed by atoms with van der Waals surface area (Å²) in [4.78, 5) is 6.66. The summed E-state index contributed by atoms with van der Waals surface area (Å²) in [6.45, 7) is 4.19. The lowest BCUT2D eigenvalue weighted by Crippen LogP contribution is -2.46. The molecule has 0 amide bonds. The van der Waals surface area contributed by atoms with Gasteiger partial charge >= 0.3 is 0 Å². The molecule has 2 N–H and O–H groups in total. The Labute approximate surface area is 98.8 Å². The van der Waals surface area contributed by atoms with Crippen molar-refractivity contribution in [3.63, 3.8) is 0 Å². The van der Waals surface area contributed by atoms with Gasteiger partial charge in [0.2, 0.25) is 0 Å². The molecule has 0 saturated carbocycles. The maximum atomic E-state index is 6.02. The summed E-state index contributed by atoms with van der Waals surface area (Å²) in [5.41, 5.74) is 6.02. The van der Waals surface area contributed by atoms with E-state index in [0.29, 0.717) is 5.92 Å². The first-order chi connectivity index (χ1) is 7.16. The van der Waals surface area contributed by atoms with Crippen molar-refractivity contribution in [1.29, 1.82) is 0 Å². The van der Waals surface area contributed by atoms with E-state index in [1.54, 1.807) is 0 Å². The van der Waals surface area contributed by atoms with Crippen LogP contribution in [-0.2, 0) is 0 Å².